The largest absolute Gasteiger partial charge is 0.508 e. The van der Waals surface area contributed by atoms with Crippen molar-refractivity contribution in [3.05, 3.63) is 58.1 Å². The van der Waals surface area contributed by atoms with Crippen molar-refractivity contribution >= 4 is 21.6 Å². The van der Waals surface area contributed by atoms with E-state index in [0.29, 0.717) is 10.0 Å². The van der Waals surface area contributed by atoms with Crippen LogP contribution in [-0.4, -0.2) is 5.11 Å². The molecular formula is C13H10BrF2NO. The van der Waals surface area contributed by atoms with Crippen LogP contribution >= 0.6 is 15.9 Å². The Bertz CT molecular complexity index is 552. The first-order valence-electron chi connectivity index (χ1n) is 5.23. The van der Waals surface area contributed by atoms with Crippen molar-refractivity contribution in [2.24, 2.45) is 0 Å². The molecule has 0 fully saturated rings. The molecule has 0 bridgehead atoms. The Morgan fingerprint density at radius 1 is 1.17 bits per heavy atom. The van der Waals surface area contributed by atoms with E-state index in [-0.39, 0.29) is 18.0 Å². The van der Waals surface area contributed by atoms with Gasteiger partial charge in [-0.2, -0.15) is 0 Å². The van der Waals surface area contributed by atoms with Gasteiger partial charge in [0.1, 0.15) is 17.4 Å². The molecule has 0 unspecified atom stereocenters. The van der Waals surface area contributed by atoms with Gasteiger partial charge >= 0.3 is 0 Å². The molecule has 0 atom stereocenters. The Hall–Kier alpha value is -1.62. The molecule has 2 N–H and O–H groups in total. The van der Waals surface area contributed by atoms with Gasteiger partial charge < -0.3 is 10.4 Å². The maximum Gasteiger partial charge on any atom is 0.150 e. The Morgan fingerprint density at radius 2 is 1.89 bits per heavy atom. The number of para-hydroxylation sites is 1. The number of benzene rings is 2. The van der Waals surface area contributed by atoms with Crippen LogP contribution in [0, 0.1) is 11.6 Å². The molecular weight excluding hydrogens is 304 g/mol. The van der Waals surface area contributed by atoms with Crippen LogP contribution in [-0.2, 0) is 6.54 Å². The number of nitrogens with one attached hydrogen (secondary N) is 1. The highest BCUT2D eigenvalue weighted by Gasteiger charge is 2.09. The molecule has 2 aromatic carbocycles. The van der Waals surface area contributed by atoms with Crippen LogP contribution in [0.25, 0.3) is 0 Å². The molecule has 0 heterocycles. The van der Waals surface area contributed by atoms with E-state index < -0.39 is 11.6 Å². The average molecular weight is 314 g/mol. The molecule has 18 heavy (non-hydrogen) atoms. The zero-order chi connectivity index (χ0) is 13.1. The van der Waals surface area contributed by atoms with Crippen molar-refractivity contribution in [3.8, 4) is 5.75 Å². The molecule has 5 heteroatoms. The second-order valence-electron chi connectivity index (χ2n) is 3.73. The van der Waals surface area contributed by atoms with Crippen molar-refractivity contribution in [3.63, 3.8) is 0 Å². The smallest absolute Gasteiger partial charge is 0.150 e. The lowest BCUT2D eigenvalue weighted by atomic mass is 10.2. The van der Waals surface area contributed by atoms with E-state index in [1.165, 1.54) is 6.07 Å². The predicted octanol–water partition coefficient (Wildman–Crippen LogP) is 4.05. The minimum atomic E-state index is -0.683. The molecule has 0 aromatic heterocycles. The summed E-state index contributed by atoms with van der Waals surface area (Å²) in [4.78, 5) is 0. The molecule has 0 amide bonds. The minimum absolute atomic E-state index is 0.128. The average Bonchev–Trinajstić information content (AvgIpc) is 2.30. The van der Waals surface area contributed by atoms with Gasteiger partial charge in [-0.1, -0.05) is 18.2 Å². The SMILES string of the molecule is Oc1ccccc1CNc1c(F)cc(F)cc1Br. The van der Waals surface area contributed by atoms with E-state index in [2.05, 4.69) is 21.2 Å². The lowest BCUT2D eigenvalue weighted by Crippen LogP contribution is -2.03. The fourth-order valence-corrected chi connectivity index (χ4v) is 2.10. The number of aromatic hydroxyl groups is 1. The van der Waals surface area contributed by atoms with Crippen molar-refractivity contribution < 1.29 is 13.9 Å². The quantitative estimate of drug-likeness (QED) is 0.896. The van der Waals surface area contributed by atoms with Crippen LogP contribution in [0.3, 0.4) is 0 Å². The lowest BCUT2D eigenvalue weighted by molar-refractivity contribution is 0.469. The number of hydrogen-bond acceptors (Lipinski definition) is 2. The maximum absolute atomic E-state index is 13.5. The number of hydrogen-bond donors (Lipinski definition) is 2. The molecule has 0 spiro atoms. The zero-order valence-electron chi connectivity index (χ0n) is 9.25. The van der Waals surface area contributed by atoms with Crippen LogP contribution in [0.5, 0.6) is 5.75 Å². The highest BCUT2D eigenvalue weighted by molar-refractivity contribution is 9.10. The number of rotatable bonds is 3. The van der Waals surface area contributed by atoms with E-state index in [0.717, 1.165) is 6.07 Å². The van der Waals surface area contributed by atoms with Crippen molar-refractivity contribution in [1.29, 1.82) is 0 Å². The first kappa shape index (κ1) is 12.8. The zero-order valence-corrected chi connectivity index (χ0v) is 10.8. The van der Waals surface area contributed by atoms with Crippen molar-refractivity contribution in [2.45, 2.75) is 6.54 Å². The van der Waals surface area contributed by atoms with Crippen LogP contribution in [0.4, 0.5) is 14.5 Å². The molecule has 2 rings (SSSR count). The van der Waals surface area contributed by atoms with Gasteiger partial charge in [-0.25, -0.2) is 8.78 Å². The van der Waals surface area contributed by atoms with E-state index >= 15 is 0 Å². The van der Waals surface area contributed by atoms with Crippen molar-refractivity contribution in [1.82, 2.24) is 0 Å². The number of phenolic OH excluding ortho intramolecular Hbond substituents is 1. The summed E-state index contributed by atoms with van der Waals surface area (Å²) in [7, 11) is 0. The third-order valence-electron chi connectivity index (χ3n) is 2.45. The first-order valence-corrected chi connectivity index (χ1v) is 6.02. The number of anilines is 1. The molecule has 0 aliphatic rings. The maximum atomic E-state index is 13.5. The van der Waals surface area contributed by atoms with Gasteiger partial charge in [0.15, 0.2) is 0 Å². The molecule has 2 nitrogen and oxygen atoms in total. The molecule has 2 aromatic rings. The summed E-state index contributed by atoms with van der Waals surface area (Å²) in [5, 5.41) is 12.4. The molecule has 0 saturated heterocycles. The van der Waals surface area contributed by atoms with Gasteiger partial charge in [-0.3, -0.25) is 0 Å². The topological polar surface area (TPSA) is 32.3 Å². The summed E-state index contributed by atoms with van der Waals surface area (Å²) in [6.45, 7) is 0.244. The Labute approximate surface area is 111 Å². The summed E-state index contributed by atoms with van der Waals surface area (Å²) < 4.78 is 26.7. The Balaban J connectivity index is 2.19. The molecule has 0 aliphatic carbocycles. The van der Waals surface area contributed by atoms with Gasteiger partial charge in [0.05, 0.1) is 5.69 Å². The number of phenols is 1. The minimum Gasteiger partial charge on any atom is -0.508 e. The van der Waals surface area contributed by atoms with Crippen LogP contribution in [0.15, 0.2) is 40.9 Å². The number of halogens is 3. The van der Waals surface area contributed by atoms with E-state index in [1.807, 2.05) is 0 Å². The van der Waals surface area contributed by atoms with Gasteiger partial charge in [-0.15, -0.1) is 0 Å². The van der Waals surface area contributed by atoms with Gasteiger partial charge in [-0.05, 0) is 28.1 Å². The summed E-state index contributed by atoms with van der Waals surface area (Å²) in [6, 6.07) is 8.72. The van der Waals surface area contributed by atoms with E-state index in [9.17, 15) is 13.9 Å². The third kappa shape index (κ3) is 2.79. The van der Waals surface area contributed by atoms with Crippen LogP contribution in [0.2, 0.25) is 0 Å². The van der Waals surface area contributed by atoms with E-state index in [1.54, 1.807) is 24.3 Å². The summed E-state index contributed by atoms with van der Waals surface area (Å²) >= 11 is 3.09. The second-order valence-corrected chi connectivity index (χ2v) is 4.58. The normalized spacial score (nSPS) is 10.4. The summed E-state index contributed by atoms with van der Waals surface area (Å²) in [6.07, 6.45) is 0. The monoisotopic (exact) mass is 313 g/mol. The van der Waals surface area contributed by atoms with Crippen molar-refractivity contribution in [2.75, 3.05) is 5.32 Å². The molecule has 0 saturated carbocycles. The standard InChI is InChI=1S/C13H10BrF2NO/c14-10-5-9(15)6-11(16)13(10)17-7-8-3-1-2-4-12(8)18/h1-6,17-18H,7H2. The first-order chi connectivity index (χ1) is 8.58. The molecule has 0 aliphatic heterocycles. The third-order valence-corrected chi connectivity index (χ3v) is 3.08. The molecule has 94 valence electrons. The Kier molecular flexibility index (Phi) is 3.81. The second kappa shape index (κ2) is 5.35. The van der Waals surface area contributed by atoms with Crippen LogP contribution in [0.1, 0.15) is 5.56 Å². The van der Waals surface area contributed by atoms with Gasteiger partial charge in [0.25, 0.3) is 0 Å². The Morgan fingerprint density at radius 3 is 2.56 bits per heavy atom. The fraction of sp³-hybridized carbons (Fsp3) is 0.0769. The lowest BCUT2D eigenvalue weighted by Gasteiger charge is -2.11. The van der Waals surface area contributed by atoms with E-state index in [4.69, 9.17) is 0 Å². The van der Waals surface area contributed by atoms with Gasteiger partial charge in [0, 0.05) is 22.6 Å². The van der Waals surface area contributed by atoms with Gasteiger partial charge in [0.2, 0.25) is 0 Å². The predicted molar refractivity (Wildman–Crippen MR) is 69.5 cm³/mol. The highest BCUT2D eigenvalue weighted by Crippen LogP contribution is 2.28. The highest BCUT2D eigenvalue weighted by atomic mass is 79.9. The molecule has 0 radical (unpaired) electrons. The fourth-order valence-electron chi connectivity index (χ4n) is 1.56. The summed E-state index contributed by atoms with van der Waals surface area (Å²) in [5.74, 6) is -1.20. The summed E-state index contributed by atoms with van der Waals surface area (Å²) in [5.41, 5.74) is 0.799. The van der Waals surface area contributed by atoms with Crippen LogP contribution < -0.4 is 5.32 Å².